The van der Waals surface area contributed by atoms with Gasteiger partial charge in [0.1, 0.15) is 5.75 Å². The zero-order valence-corrected chi connectivity index (χ0v) is 8.65. The van der Waals surface area contributed by atoms with Gasteiger partial charge in [-0.3, -0.25) is 0 Å². The summed E-state index contributed by atoms with van der Waals surface area (Å²) in [5.41, 5.74) is 6.68. The summed E-state index contributed by atoms with van der Waals surface area (Å²) in [5, 5.41) is 9.22. The number of phenolic OH excluding ortho intramolecular Hbond substituents is 1. The first-order valence-corrected chi connectivity index (χ1v) is 4.59. The lowest BCUT2D eigenvalue weighted by atomic mass is 10.1. The van der Waals surface area contributed by atoms with Crippen molar-refractivity contribution >= 4 is 22.6 Å². The molecule has 0 saturated heterocycles. The summed E-state index contributed by atoms with van der Waals surface area (Å²) in [6.45, 7) is 3.60. The van der Waals surface area contributed by atoms with Crippen LogP contribution in [0.2, 0.25) is 0 Å². The third kappa shape index (κ3) is 1.98. The minimum atomic E-state index is -0.154. The number of benzene rings is 1. The summed E-state index contributed by atoms with van der Waals surface area (Å²) in [5.74, 6) is 0.288. The van der Waals surface area contributed by atoms with E-state index in [4.69, 9.17) is 5.73 Å². The van der Waals surface area contributed by atoms with Gasteiger partial charge >= 0.3 is 0 Å². The summed E-state index contributed by atoms with van der Waals surface area (Å²) in [7, 11) is 0. The predicted octanol–water partition coefficient (Wildman–Crippen LogP) is 2.18. The second kappa shape index (κ2) is 3.91. The molecule has 0 fully saturated rings. The monoisotopic (exact) mass is 275 g/mol. The van der Waals surface area contributed by atoms with Crippen LogP contribution in [-0.4, -0.2) is 5.11 Å². The maximum atomic E-state index is 9.22. The molecule has 0 saturated carbocycles. The standard InChI is InChI=1S/C9H10INO/c1-2-8(11)6-3-4-9(12)7(10)5-6/h2-5,8,12H,1,11H2/t8-/m0/s1. The molecule has 64 valence electrons. The Morgan fingerprint density at radius 1 is 1.58 bits per heavy atom. The van der Waals surface area contributed by atoms with Crippen molar-refractivity contribution in [3.8, 4) is 5.75 Å². The zero-order valence-electron chi connectivity index (χ0n) is 6.50. The van der Waals surface area contributed by atoms with Gasteiger partial charge in [0.2, 0.25) is 0 Å². The summed E-state index contributed by atoms with van der Waals surface area (Å²) >= 11 is 2.06. The van der Waals surface area contributed by atoms with Gasteiger partial charge in [-0.05, 0) is 40.3 Å². The van der Waals surface area contributed by atoms with Gasteiger partial charge in [0, 0.05) is 6.04 Å². The third-order valence-electron chi connectivity index (χ3n) is 1.61. The fourth-order valence-electron chi connectivity index (χ4n) is 0.867. The van der Waals surface area contributed by atoms with Gasteiger partial charge in [-0.15, -0.1) is 6.58 Å². The second-order valence-electron chi connectivity index (χ2n) is 2.47. The Kier molecular flexibility index (Phi) is 3.11. The van der Waals surface area contributed by atoms with Crippen LogP contribution in [0, 0.1) is 3.57 Å². The van der Waals surface area contributed by atoms with Crippen molar-refractivity contribution < 1.29 is 5.11 Å². The largest absolute Gasteiger partial charge is 0.507 e. The van der Waals surface area contributed by atoms with E-state index in [1.165, 1.54) is 0 Å². The highest BCUT2D eigenvalue weighted by molar-refractivity contribution is 14.1. The lowest BCUT2D eigenvalue weighted by Crippen LogP contribution is -2.06. The maximum Gasteiger partial charge on any atom is 0.128 e. The molecule has 2 nitrogen and oxygen atoms in total. The van der Waals surface area contributed by atoms with E-state index in [2.05, 4.69) is 29.2 Å². The SMILES string of the molecule is C=C[C@H](N)c1ccc(O)c(I)c1. The number of halogens is 1. The lowest BCUT2D eigenvalue weighted by molar-refractivity contribution is 0.471. The first-order chi connectivity index (χ1) is 5.65. The van der Waals surface area contributed by atoms with Gasteiger partial charge in [-0.2, -0.15) is 0 Å². The highest BCUT2D eigenvalue weighted by atomic mass is 127. The normalized spacial score (nSPS) is 12.5. The number of aromatic hydroxyl groups is 1. The van der Waals surface area contributed by atoms with Crippen molar-refractivity contribution in [2.24, 2.45) is 5.73 Å². The van der Waals surface area contributed by atoms with E-state index in [0.29, 0.717) is 0 Å². The minimum Gasteiger partial charge on any atom is -0.507 e. The number of hydrogen-bond donors (Lipinski definition) is 2. The van der Waals surface area contributed by atoms with E-state index in [1.807, 2.05) is 6.07 Å². The highest BCUT2D eigenvalue weighted by Crippen LogP contribution is 2.22. The molecule has 1 aromatic carbocycles. The van der Waals surface area contributed by atoms with Crippen LogP contribution in [0.15, 0.2) is 30.9 Å². The van der Waals surface area contributed by atoms with Crippen LogP contribution >= 0.6 is 22.6 Å². The molecule has 0 spiro atoms. The number of rotatable bonds is 2. The molecule has 1 rings (SSSR count). The summed E-state index contributed by atoms with van der Waals surface area (Å²) in [4.78, 5) is 0. The molecule has 1 aromatic rings. The number of hydrogen-bond acceptors (Lipinski definition) is 2. The van der Waals surface area contributed by atoms with Crippen LogP contribution in [0.1, 0.15) is 11.6 Å². The van der Waals surface area contributed by atoms with Crippen LogP contribution < -0.4 is 5.73 Å². The van der Waals surface area contributed by atoms with Crippen molar-refractivity contribution in [1.82, 2.24) is 0 Å². The van der Waals surface area contributed by atoms with E-state index in [1.54, 1.807) is 18.2 Å². The maximum absolute atomic E-state index is 9.22. The van der Waals surface area contributed by atoms with Crippen LogP contribution in [0.4, 0.5) is 0 Å². The quantitative estimate of drug-likeness (QED) is 0.642. The van der Waals surface area contributed by atoms with Crippen LogP contribution in [0.25, 0.3) is 0 Å². The summed E-state index contributed by atoms with van der Waals surface area (Å²) in [6, 6.07) is 5.13. The van der Waals surface area contributed by atoms with E-state index in [-0.39, 0.29) is 11.8 Å². The fourth-order valence-corrected chi connectivity index (χ4v) is 1.41. The Bertz CT molecular complexity index is 299. The molecule has 0 aromatic heterocycles. The van der Waals surface area contributed by atoms with Crippen molar-refractivity contribution in [1.29, 1.82) is 0 Å². The summed E-state index contributed by atoms with van der Waals surface area (Å²) in [6.07, 6.45) is 1.67. The molecule has 0 unspecified atom stereocenters. The molecule has 0 radical (unpaired) electrons. The van der Waals surface area contributed by atoms with Crippen LogP contribution in [0.5, 0.6) is 5.75 Å². The van der Waals surface area contributed by atoms with Crippen molar-refractivity contribution in [3.05, 3.63) is 40.0 Å². The lowest BCUT2D eigenvalue weighted by Gasteiger charge is -2.07. The van der Waals surface area contributed by atoms with Gasteiger partial charge in [-0.1, -0.05) is 12.1 Å². The van der Waals surface area contributed by atoms with Gasteiger partial charge in [-0.25, -0.2) is 0 Å². The summed E-state index contributed by atoms with van der Waals surface area (Å²) < 4.78 is 0.808. The Labute approximate surface area is 85.2 Å². The van der Waals surface area contributed by atoms with Crippen molar-refractivity contribution in [3.63, 3.8) is 0 Å². The van der Waals surface area contributed by atoms with Gasteiger partial charge in [0.15, 0.2) is 0 Å². The molecule has 3 heteroatoms. The smallest absolute Gasteiger partial charge is 0.128 e. The Balaban J connectivity index is 3.04. The minimum absolute atomic E-state index is 0.154. The topological polar surface area (TPSA) is 46.2 Å². The number of nitrogens with two attached hydrogens (primary N) is 1. The van der Waals surface area contributed by atoms with Gasteiger partial charge < -0.3 is 10.8 Å². The van der Waals surface area contributed by atoms with Gasteiger partial charge in [0.05, 0.1) is 3.57 Å². The molecule has 0 heterocycles. The Morgan fingerprint density at radius 2 is 2.25 bits per heavy atom. The predicted molar refractivity (Wildman–Crippen MR) is 57.9 cm³/mol. The molecule has 0 aliphatic heterocycles. The highest BCUT2D eigenvalue weighted by Gasteiger charge is 2.03. The Hall–Kier alpha value is -0.550. The molecule has 0 aliphatic carbocycles. The van der Waals surface area contributed by atoms with E-state index in [9.17, 15) is 5.11 Å². The fraction of sp³-hybridized carbons (Fsp3) is 0.111. The van der Waals surface area contributed by atoms with E-state index < -0.39 is 0 Å². The van der Waals surface area contributed by atoms with E-state index in [0.717, 1.165) is 9.13 Å². The van der Waals surface area contributed by atoms with Crippen molar-refractivity contribution in [2.45, 2.75) is 6.04 Å². The molecule has 1 atom stereocenters. The van der Waals surface area contributed by atoms with Gasteiger partial charge in [0.25, 0.3) is 0 Å². The molecular weight excluding hydrogens is 265 g/mol. The molecule has 0 aliphatic rings. The Morgan fingerprint density at radius 3 is 2.75 bits per heavy atom. The zero-order chi connectivity index (χ0) is 9.14. The molecular formula is C9H10INO. The van der Waals surface area contributed by atoms with Crippen molar-refractivity contribution in [2.75, 3.05) is 0 Å². The molecule has 3 N–H and O–H groups in total. The molecule has 0 bridgehead atoms. The first-order valence-electron chi connectivity index (χ1n) is 3.51. The number of phenols is 1. The first kappa shape index (κ1) is 9.54. The van der Waals surface area contributed by atoms with Crippen LogP contribution in [-0.2, 0) is 0 Å². The average molecular weight is 275 g/mol. The van der Waals surface area contributed by atoms with Crippen LogP contribution in [0.3, 0.4) is 0 Å². The average Bonchev–Trinajstić information content (AvgIpc) is 2.08. The van der Waals surface area contributed by atoms with E-state index >= 15 is 0 Å². The third-order valence-corrected chi connectivity index (χ3v) is 2.47. The second-order valence-corrected chi connectivity index (χ2v) is 3.63. The molecule has 12 heavy (non-hydrogen) atoms. The molecule has 0 amide bonds.